The Morgan fingerprint density at radius 3 is 2.27 bits per heavy atom. The second-order valence-electron chi connectivity index (χ2n) is 6.74. The van der Waals surface area contributed by atoms with Crippen LogP contribution in [0.15, 0.2) is 35.1 Å². The molecule has 0 spiro atoms. The number of halogens is 2. The van der Waals surface area contributed by atoms with Gasteiger partial charge in [-0.1, -0.05) is 6.07 Å². The van der Waals surface area contributed by atoms with Crippen LogP contribution in [0.5, 0.6) is 11.5 Å². The first-order valence-corrected chi connectivity index (χ1v) is 11.2. The van der Waals surface area contributed by atoms with E-state index in [2.05, 4.69) is 0 Å². The molecular formula is C20H24F2N2O5S. The van der Waals surface area contributed by atoms with Crippen LogP contribution in [-0.4, -0.2) is 43.8 Å². The smallest absolute Gasteiger partial charge is 0.329 e. The summed E-state index contributed by atoms with van der Waals surface area (Å²) >= 11 is 0. The van der Waals surface area contributed by atoms with Gasteiger partial charge in [0.15, 0.2) is 17.3 Å². The predicted octanol–water partition coefficient (Wildman–Crippen LogP) is 2.73. The highest BCUT2D eigenvalue weighted by molar-refractivity contribution is 7.89. The predicted molar refractivity (Wildman–Crippen MR) is 111 cm³/mol. The summed E-state index contributed by atoms with van der Waals surface area (Å²) in [6, 6.07) is 7.17. The van der Waals surface area contributed by atoms with Crippen molar-refractivity contribution in [2.75, 3.05) is 26.2 Å². The van der Waals surface area contributed by atoms with Gasteiger partial charge in [-0.25, -0.2) is 22.0 Å². The van der Waals surface area contributed by atoms with Crippen LogP contribution >= 0.6 is 0 Å². The Balaban J connectivity index is 0.000000575. The van der Waals surface area contributed by atoms with Gasteiger partial charge < -0.3 is 9.47 Å². The van der Waals surface area contributed by atoms with Gasteiger partial charge in [-0.2, -0.15) is 0 Å². The average molecular weight is 442 g/mol. The van der Waals surface area contributed by atoms with Gasteiger partial charge in [0.05, 0.1) is 25.8 Å². The molecule has 2 aromatic carbocycles. The Morgan fingerprint density at radius 2 is 1.70 bits per heavy atom. The summed E-state index contributed by atoms with van der Waals surface area (Å²) in [5.41, 5.74) is 0.597. The lowest BCUT2D eigenvalue weighted by atomic mass is 10.2. The second-order valence-corrected chi connectivity index (χ2v) is 9.03. The van der Waals surface area contributed by atoms with Crippen molar-refractivity contribution in [2.45, 2.75) is 13.5 Å². The summed E-state index contributed by atoms with van der Waals surface area (Å²) in [4.78, 5) is 12.5. The minimum atomic E-state index is -2.67. The van der Waals surface area contributed by atoms with Crippen molar-refractivity contribution in [1.82, 2.24) is 9.13 Å². The van der Waals surface area contributed by atoms with Crippen molar-refractivity contribution in [3.63, 3.8) is 0 Å². The lowest BCUT2D eigenvalue weighted by Gasteiger charge is -2.11. The molecule has 0 saturated carbocycles. The van der Waals surface area contributed by atoms with Gasteiger partial charge in [0.1, 0.15) is 21.2 Å². The number of nitrogens with zero attached hydrogens (tertiary/aromatic N) is 2. The highest BCUT2D eigenvalue weighted by atomic mass is 32.2. The number of rotatable bonds is 5. The van der Waals surface area contributed by atoms with Gasteiger partial charge in [0, 0.05) is 25.6 Å². The molecular weight excluding hydrogens is 418 g/mol. The molecule has 0 aliphatic heterocycles. The number of aryl methyl sites for hydroxylation is 1. The second kappa shape index (κ2) is 9.29. The van der Waals surface area contributed by atoms with Crippen molar-refractivity contribution in [2.24, 2.45) is 7.05 Å². The first-order chi connectivity index (χ1) is 14.0. The van der Waals surface area contributed by atoms with E-state index >= 15 is 0 Å². The fourth-order valence-electron chi connectivity index (χ4n) is 2.87. The molecule has 3 aromatic rings. The van der Waals surface area contributed by atoms with E-state index in [0.717, 1.165) is 30.2 Å². The molecule has 0 atom stereocenters. The van der Waals surface area contributed by atoms with Gasteiger partial charge >= 0.3 is 5.69 Å². The van der Waals surface area contributed by atoms with Crippen LogP contribution in [0.3, 0.4) is 0 Å². The molecule has 0 saturated heterocycles. The zero-order chi connectivity index (χ0) is 22.6. The Kier molecular flexibility index (Phi) is 7.25. The summed E-state index contributed by atoms with van der Waals surface area (Å²) in [5.74, 6) is -0.376. The van der Waals surface area contributed by atoms with Crippen LogP contribution in [-0.2, 0) is 23.4 Å². The van der Waals surface area contributed by atoms with E-state index in [1.165, 1.54) is 23.3 Å². The van der Waals surface area contributed by atoms with E-state index in [0.29, 0.717) is 18.1 Å². The molecule has 0 aliphatic carbocycles. The van der Waals surface area contributed by atoms with E-state index < -0.39 is 27.2 Å². The fraction of sp³-hybridized carbons (Fsp3) is 0.350. The van der Waals surface area contributed by atoms with E-state index in [9.17, 15) is 22.0 Å². The summed E-state index contributed by atoms with van der Waals surface area (Å²) in [7, 11) is 0.357. The van der Waals surface area contributed by atoms with Gasteiger partial charge in [-0.15, -0.1) is 0 Å². The molecule has 0 unspecified atom stereocenters. The minimum Gasteiger partial charge on any atom is -0.493 e. The third-order valence-corrected chi connectivity index (χ3v) is 4.03. The first-order valence-electron chi connectivity index (χ1n) is 8.95. The third kappa shape index (κ3) is 5.59. The quantitative estimate of drug-likeness (QED) is 0.607. The summed E-state index contributed by atoms with van der Waals surface area (Å²) < 4.78 is 60.3. The van der Waals surface area contributed by atoms with E-state index in [4.69, 9.17) is 9.47 Å². The third-order valence-electron chi connectivity index (χ3n) is 4.03. The van der Waals surface area contributed by atoms with E-state index in [-0.39, 0.29) is 17.6 Å². The van der Waals surface area contributed by atoms with Crippen LogP contribution in [0.4, 0.5) is 8.78 Å². The largest absolute Gasteiger partial charge is 0.493 e. The minimum absolute atomic E-state index is 0.0719. The lowest BCUT2D eigenvalue weighted by Crippen LogP contribution is -2.22. The van der Waals surface area contributed by atoms with Crippen LogP contribution < -0.4 is 15.2 Å². The normalized spacial score (nSPS) is 11.2. The molecule has 3 rings (SSSR count). The molecule has 0 fully saturated rings. The van der Waals surface area contributed by atoms with Crippen molar-refractivity contribution < 1.29 is 26.7 Å². The number of imidazole rings is 1. The maximum Gasteiger partial charge on any atom is 0.329 e. The first kappa shape index (κ1) is 23.4. The molecule has 30 heavy (non-hydrogen) atoms. The highest BCUT2D eigenvalue weighted by Gasteiger charge is 2.17. The Hall–Kier alpha value is -2.88. The molecule has 1 aromatic heterocycles. The SMILES string of the molecule is CCOc1cc(Cn2c(=O)n(C)c3cc(F)cc(F)c32)ccc1OC.CS(C)(=O)=O. The topological polar surface area (TPSA) is 79.5 Å². The van der Waals surface area contributed by atoms with Crippen LogP contribution in [0, 0.1) is 11.6 Å². The Labute approximate surface area is 173 Å². The number of sulfone groups is 1. The molecule has 0 aliphatic rings. The van der Waals surface area contributed by atoms with Gasteiger partial charge in [0.25, 0.3) is 0 Å². The van der Waals surface area contributed by atoms with Crippen LogP contribution in [0.2, 0.25) is 0 Å². The molecule has 1 heterocycles. The standard InChI is InChI=1S/C18H18F2N2O3.C2H6O2S/c1-4-25-16-7-11(5-6-15(16)24-3)10-22-17-13(20)8-12(19)9-14(17)21(2)18(22)23;1-5(2,3)4/h5-9H,4,10H2,1-3H3;1-2H3. The number of methoxy groups -OCH3 is 1. The molecule has 0 N–H and O–H groups in total. The molecule has 164 valence electrons. The zero-order valence-corrected chi connectivity index (χ0v) is 18.2. The maximum absolute atomic E-state index is 14.3. The van der Waals surface area contributed by atoms with Crippen molar-refractivity contribution in [1.29, 1.82) is 0 Å². The van der Waals surface area contributed by atoms with Crippen molar-refractivity contribution in [3.8, 4) is 11.5 Å². The van der Waals surface area contributed by atoms with Gasteiger partial charge in [-0.3, -0.25) is 9.13 Å². The average Bonchev–Trinajstić information content (AvgIpc) is 2.86. The number of fused-ring (bicyclic) bond motifs is 1. The van der Waals surface area contributed by atoms with E-state index in [1.54, 1.807) is 18.2 Å². The molecule has 0 bridgehead atoms. The number of hydrogen-bond acceptors (Lipinski definition) is 5. The molecule has 10 heteroatoms. The number of aromatic nitrogens is 2. The van der Waals surface area contributed by atoms with Crippen molar-refractivity contribution in [3.05, 3.63) is 58.0 Å². The monoisotopic (exact) mass is 442 g/mol. The maximum atomic E-state index is 14.3. The zero-order valence-electron chi connectivity index (χ0n) is 17.4. The van der Waals surface area contributed by atoms with Gasteiger partial charge in [-0.05, 0) is 30.7 Å². The molecule has 0 radical (unpaired) electrons. The Bertz CT molecular complexity index is 1210. The Morgan fingerprint density at radius 1 is 1.07 bits per heavy atom. The fourth-order valence-corrected chi connectivity index (χ4v) is 2.87. The summed E-state index contributed by atoms with van der Waals surface area (Å²) in [6.45, 7) is 2.44. The molecule has 0 amide bonds. The van der Waals surface area contributed by atoms with Crippen LogP contribution in [0.25, 0.3) is 11.0 Å². The highest BCUT2D eigenvalue weighted by Crippen LogP contribution is 2.29. The number of benzene rings is 2. The van der Waals surface area contributed by atoms with Crippen LogP contribution in [0.1, 0.15) is 12.5 Å². The van der Waals surface area contributed by atoms with Gasteiger partial charge in [0.2, 0.25) is 0 Å². The summed E-state index contributed by atoms with van der Waals surface area (Å²) in [5, 5.41) is 0. The van der Waals surface area contributed by atoms with E-state index in [1.807, 2.05) is 6.92 Å². The lowest BCUT2D eigenvalue weighted by molar-refractivity contribution is 0.310. The van der Waals surface area contributed by atoms with Crippen molar-refractivity contribution >= 4 is 20.9 Å². The number of ether oxygens (including phenoxy) is 2. The molecule has 7 nitrogen and oxygen atoms in total. The summed E-state index contributed by atoms with van der Waals surface area (Å²) in [6.07, 6.45) is 2.32. The number of hydrogen-bond donors (Lipinski definition) is 0.